The highest BCUT2D eigenvalue weighted by molar-refractivity contribution is 7.86. The van der Waals surface area contributed by atoms with Crippen LogP contribution in [0.25, 0.3) is 0 Å². The largest absolute Gasteiger partial charge is 0.411 e. The van der Waals surface area contributed by atoms with Gasteiger partial charge in [-0.05, 0) is 68.4 Å². The SMILES string of the molecule is CC1NC(=O)C2CC(O)C3CC4(C)C(C)CCC5C(C)(C)C(=NO)C(S(=O)c6ccccc6)CC54OC3C12. The van der Waals surface area contributed by atoms with Crippen LogP contribution >= 0.6 is 0 Å². The number of nitrogens with one attached hydrogen (secondary N) is 1. The van der Waals surface area contributed by atoms with Crippen LogP contribution in [-0.2, 0) is 20.3 Å². The average Bonchev–Trinajstić information content (AvgIpc) is 3.16. The van der Waals surface area contributed by atoms with Crippen molar-refractivity contribution in [2.24, 2.45) is 45.6 Å². The summed E-state index contributed by atoms with van der Waals surface area (Å²) < 4.78 is 21.7. The predicted octanol–water partition coefficient (Wildman–Crippen LogP) is 4.13. The van der Waals surface area contributed by atoms with E-state index in [9.17, 15) is 19.3 Å². The maximum absolute atomic E-state index is 14.2. The number of hydrogen-bond acceptors (Lipinski definition) is 6. The lowest BCUT2D eigenvalue weighted by molar-refractivity contribution is -0.319. The van der Waals surface area contributed by atoms with Gasteiger partial charge in [-0.25, -0.2) is 0 Å². The Morgan fingerprint density at radius 1 is 1.11 bits per heavy atom. The number of carbonyl (C=O) groups excluding carboxylic acids is 1. The van der Waals surface area contributed by atoms with Crippen molar-refractivity contribution in [3.63, 3.8) is 0 Å². The molecule has 8 heteroatoms. The summed E-state index contributed by atoms with van der Waals surface area (Å²) in [6, 6.07) is 9.43. The molecule has 3 saturated carbocycles. The predicted molar refractivity (Wildman–Crippen MR) is 145 cm³/mol. The van der Waals surface area contributed by atoms with E-state index in [1.807, 2.05) is 30.3 Å². The van der Waals surface area contributed by atoms with Gasteiger partial charge in [0.05, 0.1) is 39.6 Å². The zero-order valence-electron chi connectivity index (χ0n) is 23.1. The van der Waals surface area contributed by atoms with E-state index in [0.29, 0.717) is 24.5 Å². The zero-order valence-corrected chi connectivity index (χ0v) is 23.9. The molecule has 1 aromatic carbocycles. The molecule has 12 unspecified atom stereocenters. The van der Waals surface area contributed by atoms with Crippen molar-refractivity contribution in [3.05, 3.63) is 30.3 Å². The number of fused-ring (bicyclic) bond motifs is 3. The molecule has 0 radical (unpaired) electrons. The molecule has 0 aromatic heterocycles. The number of carbonyl (C=O) groups is 1. The van der Waals surface area contributed by atoms with Crippen LogP contribution in [0.3, 0.4) is 0 Å². The van der Waals surface area contributed by atoms with Gasteiger partial charge in [0.2, 0.25) is 5.91 Å². The van der Waals surface area contributed by atoms with Gasteiger partial charge in [0, 0.05) is 34.1 Å². The molecule has 1 amide bonds. The number of rotatable bonds is 2. The van der Waals surface area contributed by atoms with E-state index in [0.717, 1.165) is 24.2 Å². The smallest absolute Gasteiger partial charge is 0.223 e. The molecule has 38 heavy (non-hydrogen) atoms. The summed E-state index contributed by atoms with van der Waals surface area (Å²) in [6.45, 7) is 10.9. The average molecular weight is 543 g/mol. The van der Waals surface area contributed by atoms with Crippen LogP contribution in [0.4, 0.5) is 0 Å². The van der Waals surface area contributed by atoms with E-state index in [2.05, 4.69) is 45.1 Å². The second-order valence-corrected chi connectivity index (χ2v) is 15.2. The monoisotopic (exact) mass is 542 g/mol. The molecule has 12 atom stereocenters. The van der Waals surface area contributed by atoms with Gasteiger partial charge in [-0.15, -0.1) is 0 Å². The number of hydrogen-bond donors (Lipinski definition) is 3. The molecule has 5 fully saturated rings. The van der Waals surface area contributed by atoms with Gasteiger partial charge < -0.3 is 20.4 Å². The van der Waals surface area contributed by atoms with E-state index in [1.165, 1.54) is 0 Å². The second kappa shape index (κ2) is 8.87. The highest BCUT2D eigenvalue weighted by Crippen LogP contribution is 2.68. The van der Waals surface area contributed by atoms with E-state index >= 15 is 0 Å². The summed E-state index contributed by atoms with van der Waals surface area (Å²) in [5, 5.41) is 28.1. The number of nitrogens with zero attached hydrogens (tertiary/aromatic N) is 1. The summed E-state index contributed by atoms with van der Waals surface area (Å²) in [5.41, 5.74) is -0.837. The van der Waals surface area contributed by atoms with Crippen LogP contribution in [0, 0.1) is 40.4 Å². The molecule has 3 aliphatic carbocycles. The van der Waals surface area contributed by atoms with Gasteiger partial charge in [0.25, 0.3) is 0 Å². The van der Waals surface area contributed by atoms with Crippen LogP contribution in [0.15, 0.2) is 40.4 Å². The standard InChI is InChI=1S/C30H42N2O5S/c1-16-11-12-23-28(3,4)26(32-35)22(38(36)18-9-7-6-8-10-18)15-30(23)29(16,5)14-20-21(33)13-19-24(25(20)37-30)17(2)31-27(19)34/h6-10,16-17,19-25,33,35H,11-15H2,1-5H3,(H,31,34). The Kier molecular flexibility index (Phi) is 6.17. The number of benzene rings is 1. The number of amides is 1. The van der Waals surface area contributed by atoms with Crippen molar-refractivity contribution < 1.29 is 24.1 Å². The zero-order chi connectivity index (χ0) is 27.2. The third-order valence-corrected chi connectivity index (χ3v) is 13.4. The Morgan fingerprint density at radius 3 is 2.50 bits per heavy atom. The minimum atomic E-state index is -1.43. The first-order valence-corrected chi connectivity index (χ1v) is 15.5. The van der Waals surface area contributed by atoms with Gasteiger partial charge in [0.1, 0.15) is 0 Å². The minimum absolute atomic E-state index is 0.00166. The molecule has 208 valence electrons. The molecule has 6 rings (SSSR count). The number of aliphatic hydroxyl groups excluding tert-OH is 1. The number of ether oxygens (including phenoxy) is 1. The lowest BCUT2D eigenvalue weighted by atomic mass is 9.42. The molecule has 2 saturated heterocycles. The van der Waals surface area contributed by atoms with Gasteiger partial charge in [-0.2, -0.15) is 0 Å². The van der Waals surface area contributed by atoms with Crippen molar-refractivity contribution in [2.45, 2.75) is 101 Å². The van der Waals surface area contributed by atoms with Gasteiger partial charge in [-0.3, -0.25) is 9.00 Å². The normalized spacial score (nSPS) is 49.3. The Morgan fingerprint density at radius 2 is 1.82 bits per heavy atom. The highest BCUT2D eigenvalue weighted by atomic mass is 32.2. The fourth-order valence-electron chi connectivity index (χ4n) is 9.61. The third-order valence-electron chi connectivity index (χ3n) is 11.7. The summed E-state index contributed by atoms with van der Waals surface area (Å²) in [7, 11) is -1.43. The lowest BCUT2D eigenvalue weighted by Crippen LogP contribution is -2.74. The van der Waals surface area contributed by atoms with E-state index < -0.39 is 33.2 Å². The van der Waals surface area contributed by atoms with Crippen LogP contribution in [0.2, 0.25) is 0 Å². The van der Waals surface area contributed by atoms with E-state index in [-0.39, 0.29) is 47.1 Å². The molecule has 3 N–H and O–H groups in total. The summed E-state index contributed by atoms with van der Waals surface area (Å²) in [5.74, 6) is 0.135. The molecule has 2 aliphatic heterocycles. The molecule has 7 nitrogen and oxygen atoms in total. The molecular weight excluding hydrogens is 500 g/mol. The van der Waals surface area contributed by atoms with Crippen LogP contribution < -0.4 is 5.32 Å². The number of oxime groups is 1. The highest BCUT2D eigenvalue weighted by Gasteiger charge is 2.72. The fraction of sp³-hybridized carbons (Fsp3) is 0.733. The van der Waals surface area contributed by atoms with Gasteiger partial charge in [-0.1, -0.05) is 51.0 Å². The molecule has 5 aliphatic rings. The van der Waals surface area contributed by atoms with Crippen LogP contribution in [-0.4, -0.2) is 55.2 Å². The second-order valence-electron chi connectivity index (χ2n) is 13.6. The minimum Gasteiger partial charge on any atom is -0.411 e. The Hall–Kier alpha value is -1.77. The summed E-state index contributed by atoms with van der Waals surface area (Å²) in [4.78, 5) is 13.6. The van der Waals surface area contributed by atoms with Crippen LogP contribution in [0.1, 0.15) is 66.7 Å². The first-order chi connectivity index (χ1) is 18.0. The van der Waals surface area contributed by atoms with Gasteiger partial charge in [0.15, 0.2) is 0 Å². The first-order valence-electron chi connectivity index (χ1n) is 14.3. The molecule has 1 spiro atoms. The van der Waals surface area contributed by atoms with E-state index in [4.69, 9.17) is 4.74 Å². The lowest BCUT2D eigenvalue weighted by Gasteiger charge is -2.70. The fourth-order valence-corrected chi connectivity index (χ4v) is 11.3. The Labute approximate surface area is 228 Å². The van der Waals surface area contributed by atoms with Gasteiger partial charge >= 0.3 is 0 Å². The molecule has 0 bridgehead atoms. The first kappa shape index (κ1) is 26.5. The topological polar surface area (TPSA) is 108 Å². The van der Waals surface area contributed by atoms with Crippen molar-refractivity contribution in [3.8, 4) is 0 Å². The number of aliphatic hydroxyl groups is 1. The summed E-state index contributed by atoms with van der Waals surface area (Å²) >= 11 is 0. The van der Waals surface area contributed by atoms with Crippen LogP contribution in [0.5, 0.6) is 0 Å². The molecule has 2 heterocycles. The van der Waals surface area contributed by atoms with Crippen molar-refractivity contribution in [1.82, 2.24) is 5.32 Å². The maximum atomic E-state index is 14.2. The maximum Gasteiger partial charge on any atom is 0.223 e. The quantitative estimate of drug-likeness (QED) is 0.385. The molecular formula is C30H42N2O5S. The van der Waals surface area contributed by atoms with E-state index in [1.54, 1.807) is 0 Å². The van der Waals surface area contributed by atoms with Crippen molar-refractivity contribution >= 4 is 22.4 Å². The Balaban J connectivity index is 1.50. The van der Waals surface area contributed by atoms with Crippen molar-refractivity contribution in [1.29, 1.82) is 0 Å². The van der Waals surface area contributed by atoms with Crippen molar-refractivity contribution in [2.75, 3.05) is 0 Å². The third kappa shape index (κ3) is 3.41. The Bertz CT molecular complexity index is 1170. The summed E-state index contributed by atoms with van der Waals surface area (Å²) in [6.07, 6.45) is 2.90. The molecule has 1 aromatic rings.